The lowest BCUT2D eigenvalue weighted by Gasteiger charge is -2.14. The number of hydrogen-bond acceptors (Lipinski definition) is 3. The van der Waals surface area contributed by atoms with Crippen LogP contribution in [0, 0.1) is 0 Å². The van der Waals surface area contributed by atoms with Crippen LogP contribution < -0.4 is 5.32 Å². The van der Waals surface area contributed by atoms with Gasteiger partial charge in [-0.1, -0.05) is 12.8 Å². The van der Waals surface area contributed by atoms with Crippen LogP contribution >= 0.6 is 0 Å². The minimum absolute atomic E-state index is 0.611. The fraction of sp³-hybridized carbons (Fsp3) is 0.571. The molecule has 0 aliphatic heterocycles. The highest BCUT2D eigenvalue weighted by atomic mass is 15.2. The molecule has 19 heavy (non-hydrogen) atoms. The third-order valence-corrected chi connectivity index (χ3v) is 3.80. The van der Waals surface area contributed by atoms with Gasteiger partial charge in [-0.2, -0.15) is 5.10 Å². The van der Waals surface area contributed by atoms with Gasteiger partial charge in [-0.25, -0.2) is 4.98 Å². The molecule has 1 N–H and O–H groups in total. The molecule has 0 aromatic carbocycles. The standard InChI is InChI=1S/C14H21N5/c1-18-11-12(10-16-18)6-8-19-9-7-15-14(19)17-13-4-2-3-5-13/h7,9-11,13H,2-6,8H2,1H3,(H,15,17). The Kier molecular flexibility index (Phi) is 3.53. The molecule has 5 heteroatoms. The van der Waals surface area contributed by atoms with E-state index >= 15 is 0 Å². The number of aromatic nitrogens is 4. The van der Waals surface area contributed by atoms with Crippen LogP contribution in [0.4, 0.5) is 5.95 Å². The Hall–Kier alpha value is -1.78. The van der Waals surface area contributed by atoms with Crippen LogP contribution in [-0.4, -0.2) is 25.4 Å². The number of rotatable bonds is 5. The maximum absolute atomic E-state index is 4.43. The van der Waals surface area contributed by atoms with Gasteiger partial charge in [-0.15, -0.1) is 0 Å². The maximum atomic E-state index is 4.43. The summed E-state index contributed by atoms with van der Waals surface area (Å²) in [5.74, 6) is 1.01. The summed E-state index contributed by atoms with van der Waals surface area (Å²) in [6.07, 6.45) is 14.1. The second-order valence-corrected chi connectivity index (χ2v) is 5.34. The lowest BCUT2D eigenvalue weighted by atomic mass is 10.2. The van der Waals surface area contributed by atoms with Crippen molar-refractivity contribution in [2.75, 3.05) is 5.32 Å². The normalized spacial score (nSPS) is 16.1. The first kappa shape index (κ1) is 12.3. The van der Waals surface area contributed by atoms with Gasteiger partial charge in [0, 0.05) is 38.2 Å². The smallest absolute Gasteiger partial charge is 0.202 e. The van der Waals surface area contributed by atoms with Crippen LogP contribution in [0.2, 0.25) is 0 Å². The number of anilines is 1. The number of imidazole rings is 1. The quantitative estimate of drug-likeness (QED) is 0.895. The lowest BCUT2D eigenvalue weighted by Crippen LogP contribution is -2.18. The minimum atomic E-state index is 0.611. The van der Waals surface area contributed by atoms with Crippen LogP contribution in [0.15, 0.2) is 24.8 Å². The van der Waals surface area contributed by atoms with Gasteiger partial charge >= 0.3 is 0 Å². The predicted molar refractivity (Wildman–Crippen MR) is 75.0 cm³/mol. The Morgan fingerprint density at radius 2 is 2.21 bits per heavy atom. The van der Waals surface area contributed by atoms with Crippen LogP contribution in [0.3, 0.4) is 0 Å². The van der Waals surface area contributed by atoms with Gasteiger partial charge in [0.05, 0.1) is 6.20 Å². The summed E-state index contributed by atoms with van der Waals surface area (Å²) in [4.78, 5) is 4.43. The average molecular weight is 259 g/mol. The van der Waals surface area contributed by atoms with Crippen molar-refractivity contribution in [1.29, 1.82) is 0 Å². The van der Waals surface area contributed by atoms with Gasteiger partial charge in [0.15, 0.2) is 0 Å². The van der Waals surface area contributed by atoms with Crippen LogP contribution in [0.1, 0.15) is 31.2 Å². The molecule has 102 valence electrons. The van der Waals surface area contributed by atoms with Gasteiger partial charge in [0.2, 0.25) is 5.95 Å². The second kappa shape index (κ2) is 5.47. The Labute approximate surface area is 113 Å². The molecule has 1 saturated carbocycles. The van der Waals surface area contributed by atoms with E-state index in [4.69, 9.17) is 0 Å². The number of hydrogen-bond donors (Lipinski definition) is 1. The van der Waals surface area contributed by atoms with Gasteiger partial charge in [-0.3, -0.25) is 4.68 Å². The zero-order valence-electron chi connectivity index (χ0n) is 11.4. The van der Waals surface area contributed by atoms with E-state index in [2.05, 4.69) is 26.2 Å². The van der Waals surface area contributed by atoms with Gasteiger partial charge in [0.25, 0.3) is 0 Å². The van der Waals surface area contributed by atoms with Crippen molar-refractivity contribution in [1.82, 2.24) is 19.3 Å². The maximum Gasteiger partial charge on any atom is 0.202 e. The predicted octanol–water partition coefficient (Wildman–Crippen LogP) is 2.21. The van der Waals surface area contributed by atoms with Crippen molar-refractivity contribution in [2.45, 2.75) is 44.7 Å². The Bertz CT molecular complexity index is 521. The van der Waals surface area contributed by atoms with Gasteiger partial charge in [-0.05, 0) is 24.8 Å². The van der Waals surface area contributed by atoms with Crippen molar-refractivity contribution in [3.05, 3.63) is 30.4 Å². The molecular weight excluding hydrogens is 238 g/mol. The molecule has 2 heterocycles. The Morgan fingerprint density at radius 3 is 2.95 bits per heavy atom. The van der Waals surface area contributed by atoms with Crippen molar-refractivity contribution < 1.29 is 0 Å². The summed E-state index contributed by atoms with van der Waals surface area (Å²) >= 11 is 0. The number of nitrogens with zero attached hydrogens (tertiary/aromatic N) is 4. The number of aryl methyl sites for hydroxylation is 3. The molecule has 0 radical (unpaired) electrons. The molecule has 1 aliphatic carbocycles. The molecule has 0 bridgehead atoms. The van der Waals surface area contributed by atoms with E-state index in [1.807, 2.05) is 30.3 Å². The highest BCUT2D eigenvalue weighted by Gasteiger charge is 2.16. The highest BCUT2D eigenvalue weighted by molar-refractivity contribution is 5.28. The first-order valence-electron chi connectivity index (χ1n) is 7.06. The Balaban J connectivity index is 1.59. The number of nitrogens with one attached hydrogen (secondary N) is 1. The zero-order valence-corrected chi connectivity index (χ0v) is 11.4. The molecule has 5 nitrogen and oxygen atoms in total. The third-order valence-electron chi connectivity index (χ3n) is 3.80. The van der Waals surface area contributed by atoms with Gasteiger partial charge in [0.1, 0.15) is 0 Å². The van der Waals surface area contributed by atoms with E-state index in [-0.39, 0.29) is 0 Å². The summed E-state index contributed by atoms with van der Waals surface area (Å²) < 4.78 is 4.05. The minimum Gasteiger partial charge on any atom is -0.353 e. The Morgan fingerprint density at radius 1 is 1.37 bits per heavy atom. The largest absolute Gasteiger partial charge is 0.353 e. The molecule has 1 fully saturated rings. The fourth-order valence-electron chi connectivity index (χ4n) is 2.73. The molecule has 1 aliphatic rings. The summed E-state index contributed by atoms with van der Waals surface area (Å²) in [6, 6.07) is 0.611. The second-order valence-electron chi connectivity index (χ2n) is 5.34. The third kappa shape index (κ3) is 2.97. The molecule has 0 atom stereocenters. The fourth-order valence-corrected chi connectivity index (χ4v) is 2.73. The summed E-state index contributed by atoms with van der Waals surface area (Å²) in [5, 5.41) is 7.76. The van der Waals surface area contributed by atoms with Crippen LogP contribution in [0.25, 0.3) is 0 Å². The van der Waals surface area contributed by atoms with Crippen molar-refractivity contribution in [3.63, 3.8) is 0 Å². The van der Waals surface area contributed by atoms with E-state index in [1.54, 1.807) is 0 Å². The molecule has 3 rings (SSSR count). The van der Waals surface area contributed by atoms with Crippen molar-refractivity contribution in [2.24, 2.45) is 7.05 Å². The molecule has 2 aromatic rings. The summed E-state index contributed by atoms with van der Waals surface area (Å²) in [6.45, 7) is 0.945. The topological polar surface area (TPSA) is 47.7 Å². The first-order chi connectivity index (χ1) is 9.31. The average Bonchev–Trinajstić information content (AvgIpc) is 3.10. The monoisotopic (exact) mass is 259 g/mol. The van der Waals surface area contributed by atoms with Crippen molar-refractivity contribution in [3.8, 4) is 0 Å². The van der Waals surface area contributed by atoms with E-state index in [0.29, 0.717) is 6.04 Å². The molecular formula is C14H21N5. The zero-order chi connectivity index (χ0) is 13.1. The molecule has 2 aromatic heterocycles. The van der Waals surface area contributed by atoms with Gasteiger partial charge < -0.3 is 9.88 Å². The van der Waals surface area contributed by atoms with E-state index < -0.39 is 0 Å². The van der Waals surface area contributed by atoms with E-state index in [0.717, 1.165) is 18.9 Å². The molecule has 0 unspecified atom stereocenters. The molecule has 0 amide bonds. The summed E-state index contributed by atoms with van der Waals surface area (Å²) in [7, 11) is 1.95. The molecule has 0 saturated heterocycles. The van der Waals surface area contributed by atoms with E-state index in [1.165, 1.54) is 31.2 Å². The SMILES string of the molecule is Cn1cc(CCn2ccnc2NC2CCCC2)cn1. The van der Waals surface area contributed by atoms with Crippen LogP contribution in [0.5, 0.6) is 0 Å². The lowest BCUT2D eigenvalue weighted by molar-refractivity contribution is 0.673. The molecule has 0 spiro atoms. The van der Waals surface area contributed by atoms with E-state index in [9.17, 15) is 0 Å². The summed E-state index contributed by atoms with van der Waals surface area (Å²) in [5.41, 5.74) is 1.27. The first-order valence-corrected chi connectivity index (χ1v) is 7.06. The van der Waals surface area contributed by atoms with Crippen LogP contribution in [-0.2, 0) is 20.0 Å². The highest BCUT2D eigenvalue weighted by Crippen LogP contribution is 2.21. The van der Waals surface area contributed by atoms with Crippen molar-refractivity contribution >= 4 is 5.95 Å².